The molecule has 0 fully saturated rings. The third kappa shape index (κ3) is 81.6. The molecule has 0 bridgehead atoms. The number of hydrogen-bond donors (Lipinski definition) is 2. The van der Waals surface area contributed by atoms with E-state index in [0.717, 1.165) is 57.3 Å². The van der Waals surface area contributed by atoms with Crippen LogP contribution in [0.3, 0.4) is 0 Å². The summed E-state index contributed by atoms with van der Waals surface area (Å²) < 4.78 is 0.412. The summed E-state index contributed by atoms with van der Waals surface area (Å²) in [5.74, 6) is 13.5. The van der Waals surface area contributed by atoms with Crippen LogP contribution in [0, 0.1) is 82.9 Å². The van der Waals surface area contributed by atoms with Crippen molar-refractivity contribution in [2.75, 3.05) is 5.75 Å². The smallest absolute Gasteiger partial charge is 0.303 e. The van der Waals surface area contributed by atoms with Gasteiger partial charge in [-0.2, -0.15) is 5.10 Å². The van der Waals surface area contributed by atoms with Crippen LogP contribution in [-0.4, -0.2) is 54.2 Å². The van der Waals surface area contributed by atoms with E-state index < -0.39 is 5.97 Å². The first-order valence-corrected chi connectivity index (χ1v) is 34.2. The molecule has 0 aliphatic heterocycles. The summed E-state index contributed by atoms with van der Waals surface area (Å²) in [6.45, 7) is 69.5. The highest BCUT2D eigenvalue weighted by Gasteiger charge is 2.23. The van der Waals surface area contributed by atoms with Gasteiger partial charge in [-0.05, 0) is 80.5 Å². The van der Waals surface area contributed by atoms with Crippen molar-refractivity contribution in [1.29, 1.82) is 0 Å². The molecule has 0 saturated heterocycles. The predicted molar refractivity (Wildman–Crippen MR) is 346 cm³/mol. The van der Waals surface area contributed by atoms with Gasteiger partial charge in [-0.3, -0.25) is 9.59 Å². The van der Waals surface area contributed by atoms with Gasteiger partial charge in [0.25, 0.3) is 0 Å². The first-order valence-electron chi connectivity index (χ1n) is 27.4. The summed E-state index contributed by atoms with van der Waals surface area (Å²) in [4.78, 5) is 21.6. The van der Waals surface area contributed by atoms with E-state index in [-0.39, 0.29) is 11.8 Å². The number of nitrogens with zero attached hydrogens (tertiary/aromatic N) is 1. The van der Waals surface area contributed by atoms with E-state index in [9.17, 15) is 9.59 Å². The van der Waals surface area contributed by atoms with Crippen LogP contribution >= 0.6 is 64.8 Å². The Morgan fingerprint density at radius 1 is 0.563 bits per heavy atom. The van der Waals surface area contributed by atoms with Crippen molar-refractivity contribution in [2.24, 2.45) is 76.1 Å². The number of nitrogens with one attached hydrogen (secondary N) is 1. The highest BCUT2D eigenvalue weighted by molar-refractivity contribution is 8.77. The number of hydrogen-bond acceptors (Lipinski definition) is 9. The van der Waals surface area contributed by atoms with Crippen LogP contribution in [0.4, 0.5) is 0 Å². The highest BCUT2D eigenvalue weighted by Crippen LogP contribution is 2.42. The molecule has 1 amide bonds. The summed E-state index contributed by atoms with van der Waals surface area (Å²) in [5, 5.41) is 15.7. The van der Waals surface area contributed by atoms with Gasteiger partial charge in [0.2, 0.25) is 5.91 Å². The maximum atomic E-state index is 11.1. The Kier molecular flexibility index (Phi) is 63.9. The molecule has 0 radical (unpaired) electrons. The zero-order valence-corrected chi connectivity index (χ0v) is 57.8. The summed E-state index contributed by atoms with van der Waals surface area (Å²) in [6, 6.07) is 0. The normalized spacial score (nSPS) is 12.6. The molecular weight excluding hydrogens is 989 g/mol. The number of rotatable bonds is 23. The average Bonchev–Trinajstić information content (AvgIpc) is 3.21. The highest BCUT2D eigenvalue weighted by atomic mass is 33.1. The van der Waals surface area contributed by atoms with E-state index in [2.05, 4.69) is 221 Å². The molecule has 2 atom stereocenters. The quantitative estimate of drug-likeness (QED) is 0.0342. The SMILES string of the molecule is C/C(=N\NC(=O)C(C)C)C(C)C.CC(C)/C=C/C(C)C.CC(C)C#CC(C)C.CC(C)CCC(CC(=O)O)C(C)C.CC(C)CSSC(C)C.CC(C)SSC(C)(C)C(C)C.CC(C)SSC(C)C(C)C. The summed E-state index contributed by atoms with van der Waals surface area (Å²) >= 11 is 0. The van der Waals surface area contributed by atoms with Crippen molar-refractivity contribution >= 4 is 82.4 Å². The first-order chi connectivity index (χ1) is 32.2. The Balaban J connectivity index is -0.000000136. The first kappa shape index (κ1) is 84.9. The van der Waals surface area contributed by atoms with E-state index in [4.69, 9.17) is 5.11 Å². The molecule has 0 aliphatic rings. The van der Waals surface area contributed by atoms with Crippen LogP contribution in [-0.2, 0) is 9.59 Å². The van der Waals surface area contributed by atoms with Crippen molar-refractivity contribution in [3.8, 4) is 11.8 Å². The number of carboxylic acid groups (broad SMARTS) is 1. The van der Waals surface area contributed by atoms with Crippen LogP contribution in [0.2, 0.25) is 0 Å². The minimum atomic E-state index is -0.664. The van der Waals surface area contributed by atoms with Gasteiger partial charge in [-0.15, -0.1) is 11.8 Å². The lowest BCUT2D eigenvalue weighted by Crippen LogP contribution is -2.24. The zero-order valence-electron chi connectivity index (χ0n) is 52.9. The minimum Gasteiger partial charge on any atom is -0.481 e. The van der Waals surface area contributed by atoms with Crippen molar-refractivity contribution in [2.45, 2.75) is 267 Å². The van der Waals surface area contributed by atoms with E-state index in [1.54, 1.807) is 0 Å². The Hall–Kier alpha value is 0.0100. The van der Waals surface area contributed by atoms with Gasteiger partial charge in [0, 0.05) is 61.4 Å². The van der Waals surface area contributed by atoms with Crippen molar-refractivity contribution in [3.05, 3.63) is 12.2 Å². The molecule has 11 heteroatoms. The predicted octanol–water partition coefficient (Wildman–Crippen LogP) is 21.6. The number of carboxylic acids is 1. The molecule has 0 rings (SSSR count). The molecule has 0 spiro atoms. The average molecular weight is 1110 g/mol. The molecule has 0 heterocycles. The van der Waals surface area contributed by atoms with Gasteiger partial charge in [-0.25, -0.2) is 5.43 Å². The van der Waals surface area contributed by atoms with Crippen LogP contribution < -0.4 is 5.43 Å². The molecule has 0 aliphatic carbocycles. The molecule has 0 aromatic carbocycles. The number of amides is 1. The van der Waals surface area contributed by atoms with Crippen LogP contribution in [0.1, 0.15) is 241 Å². The molecule has 5 nitrogen and oxygen atoms in total. The molecule has 71 heavy (non-hydrogen) atoms. The van der Waals surface area contributed by atoms with E-state index in [0.29, 0.717) is 58.5 Å². The molecule has 2 N–H and O–H groups in total. The van der Waals surface area contributed by atoms with Gasteiger partial charge in [-0.1, -0.05) is 284 Å². The van der Waals surface area contributed by atoms with Gasteiger partial charge in [0.05, 0.1) is 0 Å². The van der Waals surface area contributed by atoms with E-state index in [1.165, 1.54) is 5.75 Å². The maximum Gasteiger partial charge on any atom is 0.303 e. The Morgan fingerprint density at radius 2 is 0.986 bits per heavy atom. The lowest BCUT2D eigenvalue weighted by molar-refractivity contribution is -0.138. The van der Waals surface area contributed by atoms with Gasteiger partial charge in [0.1, 0.15) is 0 Å². The second-order valence-electron chi connectivity index (χ2n) is 23.6. The number of hydrazone groups is 1. The summed E-state index contributed by atoms with van der Waals surface area (Å²) in [6.07, 6.45) is 6.98. The number of carbonyl (C=O) groups is 2. The fraction of sp³-hybridized carbons (Fsp3) is 0.883. The molecule has 0 aromatic heterocycles. The molecule has 0 saturated carbocycles. The van der Waals surface area contributed by atoms with Gasteiger partial charge in [0.15, 0.2) is 0 Å². The molecule has 428 valence electrons. The van der Waals surface area contributed by atoms with Crippen LogP contribution in [0.25, 0.3) is 0 Å². The fourth-order valence-corrected chi connectivity index (χ4v) is 11.1. The van der Waals surface area contributed by atoms with E-state index in [1.807, 2.05) is 99.4 Å². The molecule has 2 unspecified atom stereocenters. The third-order valence-corrected chi connectivity index (χ3v) is 20.7. The Bertz CT molecular complexity index is 1280. The summed E-state index contributed by atoms with van der Waals surface area (Å²) in [7, 11) is 12.0. The maximum absolute atomic E-state index is 11.1. The number of aliphatic carboxylic acids is 1. The van der Waals surface area contributed by atoms with Crippen LogP contribution in [0.5, 0.6) is 0 Å². The molecular formula is C60H124N2O3S6. The van der Waals surface area contributed by atoms with Gasteiger partial charge >= 0.3 is 5.97 Å². The Labute approximate surface area is 471 Å². The topological polar surface area (TPSA) is 78.8 Å². The lowest BCUT2D eigenvalue weighted by Gasteiger charge is -2.28. The van der Waals surface area contributed by atoms with Crippen molar-refractivity contribution in [1.82, 2.24) is 5.43 Å². The van der Waals surface area contributed by atoms with Gasteiger partial charge < -0.3 is 5.11 Å². The molecule has 0 aromatic rings. The largest absolute Gasteiger partial charge is 0.481 e. The Morgan fingerprint density at radius 3 is 1.25 bits per heavy atom. The minimum absolute atomic E-state index is 0.00582. The van der Waals surface area contributed by atoms with Crippen molar-refractivity contribution in [3.63, 3.8) is 0 Å². The second-order valence-corrected chi connectivity index (χ2v) is 33.2. The van der Waals surface area contributed by atoms with E-state index >= 15 is 0 Å². The van der Waals surface area contributed by atoms with Crippen molar-refractivity contribution < 1.29 is 14.7 Å². The fourth-order valence-electron chi connectivity index (χ4n) is 3.56. The summed E-state index contributed by atoms with van der Waals surface area (Å²) in [5.41, 5.74) is 3.46. The zero-order chi connectivity index (χ0) is 57.8. The second kappa shape index (κ2) is 53.4. The van der Waals surface area contributed by atoms with Crippen LogP contribution in [0.15, 0.2) is 17.3 Å². The number of allylic oxidation sites excluding steroid dienone is 2. The third-order valence-electron chi connectivity index (χ3n) is 9.58. The monoisotopic (exact) mass is 1110 g/mol. The lowest BCUT2D eigenvalue weighted by atomic mass is 9.86. The number of carbonyl (C=O) groups excluding carboxylic acids is 1. The standard InChI is InChI=1S/C11H22O2.C9H18N2O.C9H20S2.C8H18S2.C8H16.C8H14.C7H16S2/c1-8(2)5-6-10(9(3)4)7-11(12)13;1-6(2)8(5)10-11-9(12)7(3)4;1-7(2)9(5,6)11-10-8(3)4;1-6(2)8(5)10-9-7(3)4;2*1-7(2)5-6-8(3)4;1-6(2)5-8-9-7(3)4/h8-10H,5-7H2,1-4H3,(H,12,13);6-7H,1-5H3,(H,11,12);7-8H,1-6H3;6-8H,1-5H3;5-8H,1-4H3;7-8H,1-4H3;6-7H,5H2,1-4H3/b;10-8+;;;6-5+;;.